The topological polar surface area (TPSA) is 108 Å². The first-order valence-corrected chi connectivity index (χ1v) is 30.0. The van der Waals surface area contributed by atoms with Crippen molar-refractivity contribution in [2.45, 2.75) is 258 Å². The van der Waals surface area contributed by atoms with E-state index in [1.165, 1.54) is 161 Å². The molecule has 0 amide bonds. The molecule has 0 aliphatic rings. The molecule has 0 radical (unpaired) electrons. The van der Waals surface area contributed by atoms with Crippen molar-refractivity contribution in [1.82, 2.24) is 0 Å². The van der Waals surface area contributed by atoms with E-state index in [1.807, 2.05) is 27.2 Å². The summed E-state index contributed by atoms with van der Waals surface area (Å²) in [6.07, 6.45) is 64.6. The zero-order valence-corrected chi connectivity index (χ0v) is 46.4. The second-order valence-electron chi connectivity index (χ2n) is 20.3. The Bertz CT molecular complexity index is 1350. The van der Waals surface area contributed by atoms with Gasteiger partial charge in [0, 0.05) is 12.8 Å². The summed E-state index contributed by atoms with van der Waals surface area (Å²) in [5.41, 5.74) is 0. The first kappa shape index (κ1) is 66.7. The summed E-state index contributed by atoms with van der Waals surface area (Å²) in [6, 6.07) is 0. The third-order valence-corrected chi connectivity index (χ3v) is 13.3. The molecular formula is C59H109NO8P+. The van der Waals surface area contributed by atoms with E-state index >= 15 is 0 Å². The third-order valence-electron chi connectivity index (χ3n) is 12.3. The van der Waals surface area contributed by atoms with Gasteiger partial charge in [-0.05, 0) is 51.4 Å². The van der Waals surface area contributed by atoms with E-state index in [-0.39, 0.29) is 32.0 Å². The molecule has 0 rings (SSSR count). The lowest BCUT2D eigenvalue weighted by Crippen LogP contribution is -2.37. The minimum atomic E-state index is -4.40. The molecule has 69 heavy (non-hydrogen) atoms. The van der Waals surface area contributed by atoms with Crippen LogP contribution in [-0.4, -0.2) is 74.9 Å². The molecule has 9 nitrogen and oxygen atoms in total. The lowest BCUT2D eigenvalue weighted by atomic mass is 10.0. The smallest absolute Gasteiger partial charge is 0.462 e. The minimum Gasteiger partial charge on any atom is -0.462 e. The molecule has 1 N–H and O–H groups in total. The van der Waals surface area contributed by atoms with Crippen LogP contribution in [0, 0.1) is 0 Å². The van der Waals surface area contributed by atoms with Crippen molar-refractivity contribution in [3.63, 3.8) is 0 Å². The van der Waals surface area contributed by atoms with Crippen LogP contribution in [0.1, 0.15) is 251 Å². The van der Waals surface area contributed by atoms with E-state index in [0.29, 0.717) is 23.9 Å². The number of hydrogen-bond donors (Lipinski definition) is 1. The molecule has 2 atom stereocenters. The van der Waals surface area contributed by atoms with Crippen molar-refractivity contribution < 1.29 is 42.1 Å². The van der Waals surface area contributed by atoms with Gasteiger partial charge in [-0.25, -0.2) is 4.57 Å². The number of quaternary nitrogens is 1. The highest BCUT2D eigenvalue weighted by atomic mass is 31.2. The van der Waals surface area contributed by atoms with Gasteiger partial charge in [0.2, 0.25) is 0 Å². The SMILES string of the molecule is CC/C=C\C/C=C\C/C=C\C/C=C\C/C=C\CCCC(=O)OC(COC(=O)CCCCCCCCCCCCCCCCCCCCCCCCCCCCCC)COP(=O)(O)OCC[N+](C)(C)C. The van der Waals surface area contributed by atoms with Crippen LogP contribution in [-0.2, 0) is 32.7 Å². The first-order valence-electron chi connectivity index (χ1n) is 28.5. The maximum Gasteiger partial charge on any atom is 0.472 e. The predicted octanol–water partition coefficient (Wildman–Crippen LogP) is 17.5. The Morgan fingerprint density at radius 3 is 1.22 bits per heavy atom. The van der Waals surface area contributed by atoms with Crippen LogP contribution >= 0.6 is 7.82 Å². The second kappa shape index (κ2) is 50.6. The van der Waals surface area contributed by atoms with E-state index in [4.69, 9.17) is 18.5 Å². The Labute approximate surface area is 426 Å². The summed E-state index contributed by atoms with van der Waals surface area (Å²) < 4.78 is 34.4. The van der Waals surface area contributed by atoms with Gasteiger partial charge in [0.25, 0.3) is 0 Å². The van der Waals surface area contributed by atoms with Crippen molar-refractivity contribution in [3.05, 3.63) is 60.8 Å². The summed E-state index contributed by atoms with van der Waals surface area (Å²) in [5.74, 6) is -0.859. The standard InChI is InChI=1S/C59H108NO8P/c1-6-8-10-12-14-16-18-20-22-24-25-26-27-28-29-30-31-32-33-34-36-37-39-41-43-45-47-49-51-58(61)65-55-57(56-67-69(63,64)66-54-53-60(3,4)5)68-59(62)52-50-48-46-44-42-40-38-35-23-21-19-17-15-13-11-9-7-2/h9,11,15,17,21,23,38,40,44,46,57H,6-8,10,12-14,16,18-20,22,24-37,39,41-43,45,47-56H2,1-5H3/p+1/b11-9-,17-15-,23-21-,40-38-,46-44-. The first-order chi connectivity index (χ1) is 33.5. The highest BCUT2D eigenvalue weighted by molar-refractivity contribution is 7.47. The number of phosphoric ester groups is 1. The van der Waals surface area contributed by atoms with Crippen LogP contribution in [0.5, 0.6) is 0 Å². The van der Waals surface area contributed by atoms with Gasteiger partial charge in [0.1, 0.15) is 19.8 Å². The van der Waals surface area contributed by atoms with Crippen molar-refractivity contribution in [1.29, 1.82) is 0 Å². The molecule has 0 saturated carbocycles. The maximum atomic E-state index is 12.7. The van der Waals surface area contributed by atoms with Crippen LogP contribution < -0.4 is 0 Å². The van der Waals surface area contributed by atoms with Crippen molar-refractivity contribution >= 4 is 19.8 Å². The summed E-state index contributed by atoms with van der Waals surface area (Å²) >= 11 is 0. The molecule has 402 valence electrons. The minimum absolute atomic E-state index is 0.0200. The number of ether oxygens (including phenoxy) is 2. The zero-order chi connectivity index (χ0) is 50.6. The molecule has 0 heterocycles. The molecular weight excluding hydrogens is 882 g/mol. The number of nitrogens with zero attached hydrogens (tertiary/aromatic N) is 1. The molecule has 0 aromatic heterocycles. The zero-order valence-electron chi connectivity index (χ0n) is 45.5. The highest BCUT2D eigenvalue weighted by Gasteiger charge is 2.27. The van der Waals surface area contributed by atoms with Crippen LogP contribution in [0.3, 0.4) is 0 Å². The van der Waals surface area contributed by atoms with Crippen LogP contribution in [0.15, 0.2) is 60.8 Å². The quantitative estimate of drug-likeness (QED) is 0.0211. The highest BCUT2D eigenvalue weighted by Crippen LogP contribution is 2.43. The number of phosphoric acid groups is 1. The van der Waals surface area contributed by atoms with Crippen molar-refractivity contribution in [2.75, 3.05) is 47.5 Å². The normalized spacial score (nSPS) is 13.8. The van der Waals surface area contributed by atoms with Crippen LogP contribution in [0.2, 0.25) is 0 Å². The Balaban J connectivity index is 4.14. The van der Waals surface area contributed by atoms with Crippen LogP contribution in [0.4, 0.5) is 0 Å². The Morgan fingerprint density at radius 1 is 0.464 bits per heavy atom. The molecule has 0 fully saturated rings. The number of unbranched alkanes of at least 4 members (excludes halogenated alkanes) is 28. The van der Waals surface area contributed by atoms with Gasteiger partial charge in [0.15, 0.2) is 6.10 Å². The Morgan fingerprint density at radius 2 is 0.826 bits per heavy atom. The number of esters is 2. The molecule has 0 aliphatic carbocycles. The molecule has 0 saturated heterocycles. The largest absolute Gasteiger partial charge is 0.472 e. The average Bonchev–Trinajstić information content (AvgIpc) is 3.31. The number of allylic oxidation sites excluding steroid dienone is 10. The van der Waals surface area contributed by atoms with E-state index in [9.17, 15) is 19.0 Å². The number of likely N-dealkylation sites (N-methyl/N-ethyl adjacent to an activating group) is 1. The van der Waals surface area contributed by atoms with Gasteiger partial charge in [-0.3, -0.25) is 18.6 Å². The van der Waals surface area contributed by atoms with Gasteiger partial charge >= 0.3 is 19.8 Å². The summed E-state index contributed by atoms with van der Waals surface area (Å²) in [4.78, 5) is 35.6. The van der Waals surface area contributed by atoms with Gasteiger partial charge in [-0.2, -0.15) is 0 Å². The van der Waals surface area contributed by atoms with Gasteiger partial charge in [0.05, 0.1) is 27.7 Å². The predicted molar refractivity (Wildman–Crippen MR) is 293 cm³/mol. The van der Waals surface area contributed by atoms with E-state index < -0.39 is 26.5 Å². The molecule has 0 aliphatic heterocycles. The molecule has 0 spiro atoms. The molecule has 2 unspecified atom stereocenters. The fraction of sp³-hybridized carbons (Fsp3) is 0.797. The maximum absolute atomic E-state index is 12.7. The monoisotopic (exact) mass is 991 g/mol. The fourth-order valence-corrected chi connectivity index (χ4v) is 8.68. The Kier molecular flexibility index (Phi) is 49.0. The lowest BCUT2D eigenvalue weighted by molar-refractivity contribution is -0.870. The van der Waals surface area contributed by atoms with Crippen LogP contribution in [0.25, 0.3) is 0 Å². The molecule has 0 bridgehead atoms. The number of rotatable bonds is 52. The fourth-order valence-electron chi connectivity index (χ4n) is 7.94. The Hall–Kier alpha value is -2.29. The van der Waals surface area contributed by atoms with E-state index in [0.717, 1.165) is 51.4 Å². The lowest BCUT2D eigenvalue weighted by Gasteiger charge is -2.24. The summed E-state index contributed by atoms with van der Waals surface area (Å²) in [7, 11) is 1.44. The summed E-state index contributed by atoms with van der Waals surface area (Å²) in [6.45, 7) is 4.28. The average molecular weight is 991 g/mol. The number of carbonyl (C=O) groups excluding carboxylic acids is 2. The molecule has 0 aromatic carbocycles. The summed E-state index contributed by atoms with van der Waals surface area (Å²) in [5, 5.41) is 0. The van der Waals surface area contributed by atoms with E-state index in [1.54, 1.807) is 0 Å². The van der Waals surface area contributed by atoms with Crippen molar-refractivity contribution in [2.24, 2.45) is 0 Å². The van der Waals surface area contributed by atoms with Gasteiger partial charge in [-0.15, -0.1) is 0 Å². The number of hydrogen-bond acceptors (Lipinski definition) is 7. The third kappa shape index (κ3) is 54.9. The van der Waals surface area contributed by atoms with Crippen molar-refractivity contribution in [3.8, 4) is 0 Å². The second-order valence-corrected chi connectivity index (χ2v) is 21.8. The van der Waals surface area contributed by atoms with Gasteiger partial charge < -0.3 is 18.9 Å². The molecule has 0 aromatic rings. The number of carbonyl (C=O) groups is 2. The van der Waals surface area contributed by atoms with E-state index in [2.05, 4.69) is 68.5 Å². The molecule has 10 heteroatoms. The van der Waals surface area contributed by atoms with Gasteiger partial charge in [-0.1, -0.05) is 248 Å².